The van der Waals surface area contributed by atoms with Gasteiger partial charge in [0.05, 0.1) is 11.7 Å². The molecule has 1 aromatic rings. The summed E-state index contributed by atoms with van der Waals surface area (Å²) in [5, 5.41) is 6.04. The van der Waals surface area contributed by atoms with E-state index < -0.39 is 0 Å². The molecule has 0 fully saturated rings. The van der Waals surface area contributed by atoms with Gasteiger partial charge in [-0.2, -0.15) is 15.0 Å². The lowest BCUT2D eigenvalue weighted by atomic mass is 10.1. The molecule has 7 nitrogen and oxygen atoms in total. The minimum absolute atomic E-state index is 0.00909. The largest absolute Gasteiger partial charge is 0.461 e. The van der Waals surface area contributed by atoms with Crippen LogP contribution in [0.1, 0.15) is 34.6 Å². The van der Waals surface area contributed by atoms with E-state index in [-0.39, 0.29) is 11.7 Å². The van der Waals surface area contributed by atoms with Gasteiger partial charge in [0.15, 0.2) is 0 Å². The van der Waals surface area contributed by atoms with Crippen molar-refractivity contribution in [1.82, 2.24) is 15.0 Å². The molecule has 0 unspecified atom stereocenters. The molecule has 0 saturated carbocycles. The second kappa shape index (κ2) is 7.23. The number of aromatic nitrogens is 3. The number of rotatable bonds is 8. The lowest BCUT2D eigenvalue weighted by Gasteiger charge is -2.24. The van der Waals surface area contributed by atoms with E-state index in [1.54, 1.807) is 7.05 Å². The molecule has 0 aliphatic rings. The fourth-order valence-corrected chi connectivity index (χ4v) is 1.54. The number of nitrogens with one attached hydrogen (secondary N) is 2. The Morgan fingerprint density at radius 1 is 1.15 bits per heavy atom. The monoisotopic (exact) mass is 283 g/mol. The molecular weight excluding hydrogens is 258 g/mol. The van der Waals surface area contributed by atoms with Crippen molar-refractivity contribution in [2.45, 2.75) is 46.3 Å². The van der Waals surface area contributed by atoms with Crippen LogP contribution >= 0.6 is 0 Å². The fraction of sp³-hybridized carbons (Fsp3) is 0.769. The molecule has 0 aromatic carbocycles. The molecule has 7 heteroatoms. The first-order chi connectivity index (χ1) is 9.36. The van der Waals surface area contributed by atoms with Crippen LogP contribution in [-0.2, 0) is 4.74 Å². The zero-order valence-corrected chi connectivity index (χ0v) is 13.1. The molecule has 1 aromatic heterocycles. The molecule has 0 aliphatic heterocycles. The molecule has 0 aliphatic carbocycles. The molecule has 1 rings (SSSR count). The van der Waals surface area contributed by atoms with Gasteiger partial charge in [0.2, 0.25) is 11.9 Å². The van der Waals surface area contributed by atoms with Crippen LogP contribution in [0.3, 0.4) is 0 Å². The van der Waals surface area contributed by atoms with Crippen LogP contribution in [0.25, 0.3) is 0 Å². The normalized spacial score (nSPS) is 11.6. The Balaban J connectivity index is 2.78. The van der Waals surface area contributed by atoms with E-state index in [0.717, 1.165) is 0 Å². The van der Waals surface area contributed by atoms with E-state index in [0.29, 0.717) is 31.1 Å². The van der Waals surface area contributed by atoms with E-state index in [9.17, 15) is 0 Å². The van der Waals surface area contributed by atoms with Crippen molar-refractivity contribution in [3.05, 3.63) is 0 Å². The Kier molecular flexibility index (Phi) is 5.94. The van der Waals surface area contributed by atoms with Gasteiger partial charge >= 0.3 is 6.01 Å². The van der Waals surface area contributed by atoms with Gasteiger partial charge in [-0.25, -0.2) is 0 Å². The van der Waals surface area contributed by atoms with E-state index in [2.05, 4.69) is 25.6 Å². The fourth-order valence-electron chi connectivity index (χ4n) is 1.54. The molecular formula is C13H25N5O2. The molecule has 114 valence electrons. The van der Waals surface area contributed by atoms with Crippen LogP contribution in [0, 0.1) is 0 Å². The average Bonchev–Trinajstić information content (AvgIpc) is 2.35. The predicted molar refractivity (Wildman–Crippen MR) is 79.3 cm³/mol. The van der Waals surface area contributed by atoms with E-state index in [4.69, 9.17) is 9.47 Å². The number of hydrogen-bond donors (Lipinski definition) is 2. The summed E-state index contributed by atoms with van der Waals surface area (Å²) >= 11 is 0. The Hall–Kier alpha value is -1.63. The smallest absolute Gasteiger partial charge is 0.323 e. The van der Waals surface area contributed by atoms with Crippen LogP contribution < -0.4 is 15.4 Å². The molecule has 0 saturated heterocycles. The van der Waals surface area contributed by atoms with Crippen LogP contribution in [0.2, 0.25) is 0 Å². The molecule has 0 spiro atoms. The summed E-state index contributed by atoms with van der Waals surface area (Å²) < 4.78 is 11.1. The van der Waals surface area contributed by atoms with Gasteiger partial charge < -0.3 is 20.1 Å². The van der Waals surface area contributed by atoms with Crippen LogP contribution in [0.15, 0.2) is 0 Å². The Labute approximate surface area is 120 Å². The van der Waals surface area contributed by atoms with Crippen molar-refractivity contribution in [3.63, 3.8) is 0 Å². The second-order valence-electron chi connectivity index (χ2n) is 5.23. The summed E-state index contributed by atoms with van der Waals surface area (Å²) in [5.41, 5.74) is -0.291. The Bertz CT molecular complexity index is 423. The SMILES string of the molecule is CCOC(C)(C)CNc1nc(NC)nc(OC(C)C)n1. The number of hydrogen-bond acceptors (Lipinski definition) is 7. The van der Waals surface area contributed by atoms with Crippen molar-refractivity contribution in [1.29, 1.82) is 0 Å². The lowest BCUT2D eigenvalue weighted by molar-refractivity contribution is 0.000562. The topological polar surface area (TPSA) is 81.2 Å². The summed E-state index contributed by atoms with van der Waals surface area (Å²) in [4.78, 5) is 12.6. The minimum atomic E-state index is -0.291. The third-order valence-corrected chi connectivity index (χ3v) is 2.39. The van der Waals surface area contributed by atoms with Gasteiger partial charge in [-0.05, 0) is 34.6 Å². The standard InChI is InChI=1S/C13H25N5O2/c1-7-19-13(4,5)8-15-11-16-10(14-6)17-12(18-11)20-9(2)3/h9H,7-8H2,1-6H3,(H2,14,15,16,17,18). The first-order valence-corrected chi connectivity index (χ1v) is 6.84. The van der Waals surface area contributed by atoms with Crippen molar-refractivity contribution in [2.24, 2.45) is 0 Å². The maximum Gasteiger partial charge on any atom is 0.323 e. The highest BCUT2D eigenvalue weighted by Crippen LogP contribution is 2.14. The van der Waals surface area contributed by atoms with Gasteiger partial charge in [0.1, 0.15) is 0 Å². The highest BCUT2D eigenvalue weighted by atomic mass is 16.5. The summed E-state index contributed by atoms with van der Waals surface area (Å²) in [7, 11) is 1.75. The zero-order valence-electron chi connectivity index (χ0n) is 13.1. The van der Waals surface area contributed by atoms with Crippen LogP contribution in [0.5, 0.6) is 6.01 Å². The van der Waals surface area contributed by atoms with Crippen molar-refractivity contribution < 1.29 is 9.47 Å². The molecule has 1 heterocycles. The van der Waals surface area contributed by atoms with Crippen molar-refractivity contribution >= 4 is 11.9 Å². The van der Waals surface area contributed by atoms with Gasteiger partial charge in [-0.15, -0.1) is 0 Å². The van der Waals surface area contributed by atoms with E-state index >= 15 is 0 Å². The molecule has 0 bridgehead atoms. The third-order valence-electron chi connectivity index (χ3n) is 2.39. The van der Waals surface area contributed by atoms with E-state index in [1.807, 2.05) is 34.6 Å². The highest BCUT2D eigenvalue weighted by molar-refractivity contribution is 5.35. The maximum absolute atomic E-state index is 5.62. The molecule has 0 radical (unpaired) electrons. The third kappa shape index (κ3) is 5.56. The maximum atomic E-state index is 5.62. The number of nitrogens with zero attached hydrogens (tertiary/aromatic N) is 3. The molecule has 20 heavy (non-hydrogen) atoms. The highest BCUT2D eigenvalue weighted by Gasteiger charge is 2.18. The van der Waals surface area contributed by atoms with E-state index in [1.165, 1.54) is 0 Å². The van der Waals surface area contributed by atoms with Gasteiger partial charge in [-0.3, -0.25) is 0 Å². The van der Waals surface area contributed by atoms with Crippen LogP contribution in [0.4, 0.5) is 11.9 Å². The molecule has 0 amide bonds. The van der Waals surface area contributed by atoms with Crippen molar-refractivity contribution in [2.75, 3.05) is 30.8 Å². The number of ether oxygens (including phenoxy) is 2. The second-order valence-corrected chi connectivity index (χ2v) is 5.23. The minimum Gasteiger partial charge on any atom is -0.461 e. The van der Waals surface area contributed by atoms with Gasteiger partial charge in [0.25, 0.3) is 0 Å². The summed E-state index contributed by atoms with van der Waals surface area (Å²) in [6, 6.07) is 0.302. The first kappa shape index (κ1) is 16.4. The zero-order chi connectivity index (χ0) is 15.2. The van der Waals surface area contributed by atoms with Gasteiger partial charge in [-0.1, -0.05) is 0 Å². The van der Waals surface area contributed by atoms with Crippen molar-refractivity contribution in [3.8, 4) is 6.01 Å². The molecule has 0 atom stereocenters. The number of anilines is 2. The van der Waals surface area contributed by atoms with Crippen LogP contribution in [-0.4, -0.2) is 46.9 Å². The Morgan fingerprint density at radius 3 is 2.35 bits per heavy atom. The lowest BCUT2D eigenvalue weighted by Crippen LogP contribution is -2.34. The quantitative estimate of drug-likeness (QED) is 0.754. The average molecular weight is 283 g/mol. The summed E-state index contributed by atoms with van der Waals surface area (Å²) in [6.45, 7) is 11.1. The predicted octanol–water partition coefficient (Wildman–Crippen LogP) is 1.93. The summed E-state index contributed by atoms with van der Waals surface area (Å²) in [5.74, 6) is 0.931. The summed E-state index contributed by atoms with van der Waals surface area (Å²) in [6.07, 6.45) is 0.00909. The molecule has 2 N–H and O–H groups in total. The van der Waals surface area contributed by atoms with Gasteiger partial charge in [0, 0.05) is 20.2 Å². The first-order valence-electron chi connectivity index (χ1n) is 6.84. The Morgan fingerprint density at radius 2 is 1.80 bits per heavy atom.